The van der Waals surface area contributed by atoms with Crippen molar-refractivity contribution in [2.24, 2.45) is 7.05 Å². The quantitative estimate of drug-likeness (QED) is 0.464. The molecule has 2 N–H and O–H groups in total. The van der Waals surface area contributed by atoms with Gasteiger partial charge >= 0.3 is 5.97 Å². The third-order valence-corrected chi connectivity index (χ3v) is 5.08. The van der Waals surface area contributed by atoms with E-state index in [0.29, 0.717) is 21.7 Å². The zero-order chi connectivity index (χ0) is 22.8. The molecule has 162 valence electrons. The van der Waals surface area contributed by atoms with Crippen molar-refractivity contribution in [3.8, 4) is 11.3 Å². The molecule has 0 aliphatic rings. The second-order valence-electron chi connectivity index (χ2n) is 7.21. The first-order valence-corrected chi connectivity index (χ1v) is 9.96. The lowest BCUT2D eigenvalue weighted by atomic mass is 10.1. The number of nitrogens with one attached hydrogen (secondary N) is 1. The van der Waals surface area contributed by atoms with Crippen LogP contribution in [0.2, 0.25) is 5.02 Å². The Bertz CT molecular complexity index is 1390. The van der Waals surface area contributed by atoms with Crippen LogP contribution in [-0.2, 0) is 24.9 Å². The Morgan fingerprint density at radius 3 is 2.56 bits per heavy atom. The van der Waals surface area contributed by atoms with Gasteiger partial charge in [-0.1, -0.05) is 23.7 Å². The molecule has 0 fully saturated rings. The lowest BCUT2D eigenvalue weighted by Gasteiger charge is -2.12. The van der Waals surface area contributed by atoms with Crippen molar-refractivity contribution < 1.29 is 14.7 Å². The van der Waals surface area contributed by atoms with Gasteiger partial charge in [0.2, 0.25) is 0 Å². The maximum Gasteiger partial charge on any atom is 0.323 e. The minimum Gasteiger partial charge on any atom is -0.480 e. The van der Waals surface area contributed by atoms with E-state index in [1.54, 1.807) is 47.4 Å². The molecule has 0 radical (unpaired) electrons. The third-order valence-electron chi connectivity index (χ3n) is 4.83. The minimum absolute atomic E-state index is 0.173. The van der Waals surface area contributed by atoms with Gasteiger partial charge < -0.3 is 15.0 Å². The number of rotatable bonds is 6. The summed E-state index contributed by atoms with van der Waals surface area (Å²) < 4.78 is 2.76. The van der Waals surface area contributed by atoms with E-state index in [-0.39, 0.29) is 17.8 Å². The standard InChI is InChI=1S/C22H18ClN5O4/c1-27-10-18(26-12-27)15-6-14-7-17(21(31)25-8-13-2-4-16(23)5-3-13)22(32)28(11-19(29)30)20(14)24-9-15/h2-7,9-10,12H,8,11H2,1H3,(H,25,31)(H,29,30). The molecule has 0 saturated carbocycles. The number of pyridine rings is 2. The van der Waals surface area contributed by atoms with Crippen molar-refractivity contribution in [2.45, 2.75) is 13.1 Å². The highest BCUT2D eigenvalue weighted by molar-refractivity contribution is 6.30. The second kappa shape index (κ2) is 8.64. The predicted molar refractivity (Wildman–Crippen MR) is 118 cm³/mol. The number of carbonyl (C=O) groups is 2. The number of halogens is 1. The Labute approximate surface area is 186 Å². The largest absolute Gasteiger partial charge is 0.480 e. The van der Waals surface area contributed by atoms with Gasteiger partial charge in [-0.2, -0.15) is 0 Å². The maximum absolute atomic E-state index is 12.9. The summed E-state index contributed by atoms with van der Waals surface area (Å²) >= 11 is 5.87. The van der Waals surface area contributed by atoms with Crippen LogP contribution in [0.15, 0.2) is 59.9 Å². The molecule has 0 saturated heterocycles. The number of amides is 1. The van der Waals surface area contributed by atoms with E-state index in [0.717, 1.165) is 10.1 Å². The Kier molecular flexibility index (Phi) is 5.74. The molecule has 10 heteroatoms. The lowest BCUT2D eigenvalue weighted by Crippen LogP contribution is -2.34. The van der Waals surface area contributed by atoms with Gasteiger partial charge in [0.15, 0.2) is 0 Å². The summed E-state index contributed by atoms with van der Waals surface area (Å²) in [6.07, 6.45) is 4.96. The Balaban J connectivity index is 1.75. The second-order valence-corrected chi connectivity index (χ2v) is 7.65. The average molecular weight is 452 g/mol. The molecule has 1 amide bonds. The molecule has 1 aromatic carbocycles. The minimum atomic E-state index is -1.22. The van der Waals surface area contributed by atoms with Gasteiger partial charge in [-0.25, -0.2) is 9.97 Å². The molecular formula is C22H18ClN5O4. The molecule has 9 nitrogen and oxygen atoms in total. The van der Waals surface area contributed by atoms with Crippen LogP contribution in [-0.4, -0.2) is 36.1 Å². The lowest BCUT2D eigenvalue weighted by molar-refractivity contribution is -0.137. The fourth-order valence-corrected chi connectivity index (χ4v) is 3.42. The van der Waals surface area contributed by atoms with E-state index >= 15 is 0 Å². The highest BCUT2D eigenvalue weighted by atomic mass is 35.5. The number of hydrogen-bond acceptors (Lipinski definition) is 5. The fourth-order valence-electron chi connectivity index (χ4n) is 3.29. The van der Waals surface area contributed by atoms with E-state index in [4.69, 9.17) is 11.6 Å². The van der Waals surface area contributed by atoms with Crippen molar-refractivity contribution in [2.75, 3.05) is 0 Å². The smallest absolute Gasteiger partial charge is 0.323 e. The molecule has 0 unspecified atom stereocenters. The van der Waals surface area contributed by atoms with Crippen LogP contribution in [0.25, 0.3) is 22.3 Å². The number of benzene rings is 1. The summed E-state index contributed by atoms with van der Waals surface area (Å²) in [6.45, 7) is -0.442. The molecule has 4 aromatic rings. The number of imidazole rings is 1. The van der Waals surface area contributed by atoms with Crippen LogP contribution < -0.4 is 10.9 Å². The highest BCUT2D eigenvalue weighted by Crippen LogP contribution is 2.21. The van der Waals surface area contributed by atoms with Gasteiger partial charge in [-0.3, -0.25) is 19.0 Å². The summed E-state index contributed by atoms with van der Waals surface area (Å²) in [7, 11) is 1.83. The molecule has 0 spiro atoms. The normalized spacial score (nSPS) is 10.9. The topological polar surface area (TPSA) is 119 Å². The van der Waals surface area contributed by atoms with Crippen molar-refractivity contribution in [3.05, 3.63) is 81.6 Å². The SMILES string of the molecule is Cn1cnc(-c2cnc3c(c2)cc(C(=O)NCc2ccc(Cl)cc2)c(=O)n3CC(=O)O)c1. The first-order valence-electron chi connectivity index (χ1n) is 9.58. The first-order chi connectivity index (χ1) is 15.3. The highest BCUT2D eigenvalue weighted by Gasteiger charge is 2.18. The molecular weight excluding hydrogens is 434 g/mol. The van der Waals surface area contributed by atoms with Gasteiger partial charge in [0, 0.05) is 42.0 Å². The number of carboxylic acid groups (broad SMARTS) is 1. The van der Waals surface area contributed by atoms with Gasteiger partial charge in [-0.05, 0) is 29.8 Å². The van der Waals surface area contributed by atoms with Crippen LogP contribution in [0.3, 0.4) is 0 Å². The number of carboxylic acids is 1. The van der Waals surface area contributed by atoms with Crippen LogP contribution in [0.5, 0.6) is 0 Å². The number of nitrogens with zero attached hydrogens (tertiary/aromatic N) is 4. The van der Waals surface area contributed by atoms with Gasteiger partial charge in [0.1, 0.15) is 17.8 Å². The van der Waals surface area contributed by atoms with Gasteiger partial charge in [0.25, 0.3) is 11.5 Å². The molecule has 0 aliphatic carbocycles. The van der Waals surface area contributed by atoms with E-state index < -0.39 is 24.0 Å². The van der Waals surface area contributed by atoms with Crippen LogP contribution in [0.1, 0.15) is 15.9 Å². The Morgan fingerprint density at radius 1 is 1.16 bits per heavy atom. The Hall–Kier alpha value is -3.98. The number of carbonyl (C=O) groups excluding carboxylic acids is 1. The van der Waals surface area contributed by atoms with Crippen molar-refractivity contribution in [3.63, 3.8) is 0 Å². The third kappa shape index (κ3) is 4.37. The first kappa shape index (κ1) is 21.3. The summed E-state index contributed by atoms with van der Waals surface area (Å²) in [4.78, 5) is 45.7. The van der Waals surface area contributed by atoms with Crippen molar-refractivity contribution >= 4 is 34.5 Å². The van der Waals surface area contributed by atoms with Crippen LogP contribution in [0.4, 0.5) is 0 Å². The zero-order valence-corrected chi connectivity index (χ0v) is 17.7. The summed E-state index contributed by atoms with van der Waals surface area (Å²) in [6, 6.07) is 10.1. The molecule has 0 bridgehead atoms. The summed E-state index contributed by atoms with van der Waals surface area (Å²) in [5, 5.41) is 13.0. The monoisotopic (exact) mass is 451 g/mol. The van der Waals surface area contributed by atoms with E-state index in [1.165, 1.54) is 12.3 Å². The Morgan fingerprint density at radius 2 is 1.91 bits per heavy atom. The predicted octanol–water partition coefficient (Wildman–Crippen LogP) is 2.46. The molecule has 0 aliphatic heterocycles. The number of fused-ring (bicyclic) bond motifs is 1. The van der Waals surface area contributed by atoms with Gasteiger partial charge in [0.05, 0.1) is 12.0 Å². The number of aliphatic carboxylic acids is 1. The van der Waals surface area contributed by atoms with E-state index in [2.05, 4.69) is 15.3 Å². The molecule has 0 atom stereocenters. The zero-order valence-electron chi connectivity index (χ0n) is 16.9. The van der Waals surface area contributed by atoms with Crippen molar-refractivity contribution in [1.29, 1.82) is 0 Å². The molecule has 32 heavy (non-hydrogen) atoms. The van der Waals surface area contributed by atoms with E-state index in [9.17, 15) is 19.5 Å². The molecule has 4 rings (SSSR count). The molecule has 3 aromatic heterocycles. The van der Waals surface area contributed by atoms with Crippen LogP contribution >= 0.6 is 11.6 Å². The number of aromatic nitrogens is 4. The molecule has 3 heterocycles. The average Bonchev–Trinajstić information content (AvgIpc) is 3.20. The van der Waals surface area contributed by atoms with Crippen LogP contribution in [0, 0.1) is 0 Å². The summed E-state index contributed by atoms with van der Waals surface area (Å²) in [5.74, 6) is -1.84. The van der Waals surface area contributed by atoms with Crippen molar-refractivity contribution in [1.82, 2.24) is 24.4 Å². The van der Waals surface area contributed by atoms with E-state index in [1.807, 2.05) is 7.05 Å². The fraction of sp³-hybridized carbons (Fsp3) is 0.136. The maximum atomic E-state index is 12.9. The summed E-state index contributed by atoms with van der Waals surface area (Å²) in [5.41, 5.74) is 1.40. The number of hydrogen-bond donors (Lipinski definition) is 2. The van der Waals surface area contributed by atoms with Gasteiger partial charge in [-0.15, -0.1) is 0 Å². The number of aryl methyl sites for hydroxylation is 1.